The second-order valence-corrected chi connectivity index (χ2v) is 19.9. The van der Waals surface area contributed by atoms with Gasteiger partial charge in [-0.15, -0.1) is 0 Å². The molecular weight excluding hydrogens is 364 g/mol. The van der Waals surface area contributed by atoms with E-state index in [0.29, 0.717) is 11.1 Å². The van der Waals surface area contributed by atoms with Crippen LogP contribution in [0.1, 0.15) is 64.2 Å². The number of hydrogen-bond donors (Lipinski definition) is 0. The zero-order chi connectivity index (χ0) is 18.6. The van der Waals surface area contributed by atoms with Gasteiger partial charge in [0.1, 0.15) is 0 Å². The van der Waals surface area contributed by atoms with E-state index in [1.165, 1.54) is 64.2 Å². The Morgan fingerprint density at radius 3 is 1.16 bits per heavy atom. The first-order valence-electron chi connectivity index (χ1n) is 10.3. The van der Waals surface area contributed by atoms with Crippen molar-refractivity contribution in [1.29, 1.82) is 0 Å². The predicted molar refractivity (Wildman–Crippen MR) is 111 cm³/mol. The molecule has 2 aliphatic carbocycles. The topological polar surface area (TPSA) is 36.9 Å². The summed E-state index contributed by atoms with van der Waals surface area (Å²) in [5, 5.41) is 0. The normalized spacial score (nSPS) is 22.3. The molecule has 25 heavy (non-hydrogen) atoms. The van der Waals surface area contributed by atoms with Crippen LogP contribution in [0.3, 0.4) is 0 Å². The first-order chi connectivity index (χ1) is 11.7. The minimum absolute atomic E-state index is 0.605. The molecule has 0 unspecified atom stereocenters. The number of hydrogen-bond acceptors (Lipinski definition) is 4. The van der Waals surface area contributed by atoms with Crippen LogP contribution >= 0.6 is 0 Å². The summed E-state index contributed by atoms with van der Waals surface area (Å²) in [4.78, 5) is 0. The van der Waals surface area contributed by atoms with Crippen LogP contribution in [-0.2, 0) is 17.1 Å². The molecule has 148 valence electrons. The molecule has 2 aliphatic rings. The molecule has 2 saturated carbocycles. The summed E-state index contributed by atoms with van der Waals surface area (Å²) in [6.07, 6.45) is 13.1. The van der Waals surface area contributed by atoms with E-state index in [2.05, 4.69) is 26.2 Å². The molecule has 0 bridgehead atoms. The van der Waals surface area contributed by atoms with Gasteiger partial charge in [0.25, 0.3) is 0 Å². The SMILES string of the molecule is CO[Si](C)(C)O[Si](O[Si](C)(C)OC)(C1CCCCC1)C1CCCCC1. The van der Waals surface area contributed by atoms with E-state index in [-0.39, 0.29) is 0 Å². The van der Waals surface area contributed by atoms with Crippen LogP contribution in [0.4, 0.5) is 0 Å². The molecule has 0 aliphatic heterocycles. The second-order valence-electron chi connectivity index (χ2n) is 8.80. The van der Waals surface area contributed by atoms with Gasteiger partial charge in [-0.25, -0.2) is 0 Å². The Morgan fingerprint density at radius 1 is 0.560 bits per heavy atom. The third kappa shape index (κ3) is 5.73. The lowest BCUT2D eigenvalue weighted by atomic mass is 9.99. The lowest BCUT2D eigenvalue weighted by molar-refractivity contribution is 0.207. The summed E-state index contributed by atoms with van der Waals surface area (Å²) in [5.41, 5.74) is 1.21. The van der Waals surface area contributed by atoms with Crippen LogP contribution in [0.15, 0.2) is 0 Å². The maximum absolute atomic E-state index is 7.08. The maximum atomic E-state index is 7.08. The highest BCUT2D eigenvalue weighted by atomic mass is 28.5. The van der Waals surface area contributed by atoms with Crippen LogP contribution in [-0.4, -0.2) is 39.9 Å². The molecule has 0 atom stereocenters. The van der Waals surface area contributed by atoms with E-state index in [9.17, 15) is 0 Å². The Hall–Kier alpha value is 0.491. The maximum Gasteiger partial charge on any atom is 0.327 e. The minimum atomic E-state index is -2.43. The molecule has 0 saturated heterocycles. The van der Waals surface area contributed by atoms with E-state index >= 15 is 0 Å². The van der Waals surface area contributed by atoms with Crippen molar-refractivity contribution in [2.45, 2.75) is 101 Å². The van der Waals surface area contributed by atoms with E-state index in [4.69, 9.17) is 17.1 Å². The van der Waals surface area contributed by atoms with Gasteiger partial charge in [-0.2, -0.15) is 0 Å². The quantitative estimate of drug-likeness (QED) is 0.477. The van der Waals surface area contributed by atoms with E-state index in [0.717, 1.165) is 0 Å². The molecule has 0 aromatic rings. The molecule has 0 aromatic carbocycles. The number of rotatable bonds is 8. The first-order valence-corrected chi connectivity index (χ1v) is 17.9. The van der Waals surface area contributed by atoms with E-state index in [1.54, 1.807) is 0 Å². The molecular formula is C18H40O4Si3. The fourth-order valence-corrected chi connectivity index (χ4v) is 17.7. The Labute approximate surface area is 158 Å². The van der Waals surface area contributed by atoms with Crippen molar-refractivity contribution in [2.75, 3.05) is 14.2 Å². The van der Waals surface area contributed by atoms with Gasteiger partial charge in [0.2, 0.25) is 0 Å². The summed E-state index contributed by atoms with van der Waals surface area (Å²) in [6.45, 7) is 8.74. The van der Waals surface area contributed by atoms with E-state index in [1.807, 2.05) is 14.2 Å². The van der Waals surface area contributed by atoms with Crippen LogP contribution in [0.2, 0.25) is 37.3 Å². The highest BCUT2D eigenvalue weighted by Crippen LogP contribution is 2.51. The van der Waals surface area contributed by atoms with Crippen molar-refractivity contribution < 1.29 is 17.1 Å². The molecule has 2 fully saturated rings. The monoisotopic (exact) mass is 404 g/mol. The van der Waals surface area contributed by atoms with Crippen molar-refractivity contribution in [3.8, 4) is 0 Å². The zero-order valence-corrected chi connectivity index (χ0v) is 20.4. The Balaban J connectivity index is 2.41. The van der Waals surface area contributed by atoms with Crippen molar-refractivity contribution in [1.82, 2.24) is 0 Å². The summed E-state index contributed by atoms with van der Waals surface area (Å²) >= 11 is 0. The third-order valence-electron chi connectivity index (χ3n) is 6.14. The highest BCUT2D eigenvalue weighted by molar-refractivity contribution is 6.87. The molecule has 0 spiro atoms. The summed E-state index contributed by atoms with van der Waals surface area (Å²) < 4.78 is 25.9. The van der Waals surface area contributed by atoms with Gasteiger partial charge < -0.3 is 17.1 Å². The average molecular weight is 405 g/mol. The van der Waals surface area contributed by atoms with E-state index < -0.39 is 25.7 Å². The van der Waals surface area contributed by atoms with Crippen LogP contribution in [0.25, 0.3) is 0 Å². The third-order valence-corrected chi connectivity index (χ3v) is 18.0. The van der Waals surface area contributed by atoms with Crippen molar-refractivity contribution in [3.63, 3.8) is 0 Å². The smallest absolute Gasteiger partial charge is 0.327 e. The standard InChI is InChI=1S/C18H40O4Si3/c1-19-23(3,4)21-25(22-24(5,6)20-2,17-13-9-7-10-14-17)18-15-11-8-12-16-18/h17-18H,7-16H2,1-6H3. The molecule has 2 rings (SSSR count). The molecule has 0 heterocycles. The predicted octanol–water partition coefficient (Wildman–Crippen LogP) is 5.83. The van der Waals surface area contributed by atoms with Crippen LogP contribution in [0, 0.1) is 0 Å². The van der Waals surface area contributed by atoms with Crippen molar-refractivity contribution in [3.05, 3.63) is 0 Å². The van der Waals surface area contributed by atoms with Crippen LogP contribution in [0.5, 0.6) is 0 Å². The summed E-state index contributed by atoms with van der Waals surface area (Å²) in [5.74, 6) is 0. The van der Waals surface area contributed by atoms with Gasteiger partial charge >= 0.3 is 25.7 Å². The minimum Gasteiger partial charge on any atom is -0.415 e. The van der Waals surface area contributed by atoms with Crippen molar-refractivity contribution in [2.24, 2.45) is 0 Å². The Morgan fingerprint density at radius 2 is 0.880 bits per heavy atom. The lowest BCUT2D eigenvalue weighted by Gasteiger charge is -2.51. The molecule has 0 radical (unpaired) electrons. The summed E-state index contributed by atoms with van der Waals surface area (Å²) in [7, 11) is -3.19. The molecule has 0 amide bonds. The van der Waals surface area contributed by atoms with Gasteiger partial charge in [0.05, 0.1) is 0 Å². The Kier molecular flexibility index (Phi) is 7.95. The first kappa shape index (κ1) is 21.8. The second kappa shape index (κ2) is 9.12. The lowest BCUT2D eigenvalue weighted by Crippen LogP contribution is -2.62. The fraction of sp³-hybridized carbons (Fsp3) is 1.00. The fourth-order valence-electron chi connectivity index (χ4n) is 4.55. The Bertz CT molecular complexity index is 367. The van der Waals surface area contributed by atoms with Crippen LogP contribution < -0.4 is 0 Å². The highest BCUT2D eigenvalue weighted by Gasteiger charge is 2.57. The molecule has 0 aromatic heterocycles. The molecule has 4 nitrogen and oxygen atoms in total. The summed E-state index contributed by atoms with van der Waals surface area (Å²) in [6, 6.07) is 0. The average Bonchev–Trinajstić information content (AvgIpc) is 2.62. The van der Waals surface area contributed by atoms with Gasteiger partial charge in [-0.05, 0) is 51.9 Å². The van der Waals surface area contributed by atoms with Gasteiger partial charge in [0.15, 0.2) is 0 Å². The molecule has 7 heteroatoms. The van der Waals surface area contributed by atoms with Crippen molar-refractivity contribution >= 4 is 25.7 Å². The molecule has 0 N–H and O–H groups in total. The van der Waals surface area contributed by atoms with Gasteiger partial charge in [-0.1, -0.05) is 38.5 Å². The van der Waals surface area contributed by atoms with Gasteiger partial charge in [-0.3, -0.25) is 0 Å². The zero-order valence-electron chi connectivity index (χ0n) is 17.4. The van der Waals surface area contributed by atoms with Gasteiger partial charge in [0, 0.05) is 25.3 Å². The largest absolute Gasteiger partial charge is 0.415 e.